The summed E-state index contributed by atoms with van der Waals surface area (Å²) in [5.41, 5.74) is 30.1. The number of amides is 2. The number of rotatable bonds is 31. The Morgan fingerprint density at radius 3 is 1.19 bits per heavy atom. The lowest BCUT2D eigenvalue weighted by Gasteiger charge is -2.22. The summed E-state index contributed by atoms with van der Waals surface area (Å²) >= 11 is 0. The molecule has 10 N–H and O–H groups in total. The highest BCUT2D eigenvalue weighted by Gasteiger charge is 2.26. The van der Waals surface area contributed by atoms with Gasteiger partial charge in [0, 0.05) is 24.5 Å². The lowest BCUT2D eigenvalue weighted by Crippen LogP contribution is -2.35. The van der Waals surface area contributed by atoms with Crippen LogP contribution in [0.25, 0.3) is 11.1 Å². The molecule has 18 nitrogen and oxygen atoms in total. The molecule has 4 rings (SSSR count). The van der Waals surface area contributed by atoms with Gasteiger partial charge in [0.15, 0.2) is 23.7 Å². The van der Waals surface area contributed by atoms with E-state index in [9.17, 15) is 19.2 Å². The van der Waals surface area contributed by atoms with Gasteiger partial charge >= 0.3 is 0 Å². The molecule has 0 radical (unpaired) electrons. The third-order valence-corrected chi connectivity index (χ3v) is 11.8. The molecular weight excluding hydrogens is 889 g/mol. The number of methoxy groups -OCH3 is 2. The summed E-state index contributed by atoms with van der Waals surface area (Å²) in [6.07, 6.45) is 5.04. The van der Waals surface area contributed by atoms with Gasteiger partial charge in [0.05, 0.1) is 14.2 Å². The van der Waals surface area contributed by atoms with Crippen LogP contribution in [0.1, 0.15) is 61.8 Å². The van der Waals surface area contributed by atoms with E-state index in [4.69, 9.17) is 32.4 Å². The second-order valence-corrected chi connectivity index (χ2v) is 17.3. The maximum absolute atomic E-state index is 13.4. The molecule has 2 unspecified atom stereocenters. The third kappa shape index (κ3) is 17.6. The first-order valence-corrected chi connectivity index (χ1v) is 24.0. The van der Waals surface area contributed by atoms with Gasteiger partial charge in [-0.3, -0.25) is 19.2 Å². The summed E-state index contributed by atoms with van der Waals surface area (Å²) in [4.78, 5) is 57.2. The van der Waals surface area contributed by atoms with Crippen LogP contribution in [0.3, 0.4) is 0 Å². The van der Waals surface area contributed by atoms with Crippen molar-refractivity contribution >= 4 is 46.1 Å². The highest BCUT2D eigenvalue weighted by atomic mass is 16.5. The number of benzene rings is 4. The van der Waals surface area contributed by atoms with Crippen LogP contribution in [0.2, 0.25) is 0 Å². The second-order valence-electron chi connectivity index (χ2n) is 17.3. The largest absolute Gasteiger partial charge is 0.494 e. The van der Waals surface area contributed by atoms with Crippen molar-refractivity contribution in [2.75, 3.05) is 90.3 Å². The first-order valence-electron chi connectivity index (χ1n) is 24.0. The third-order valence-electron chi connectivity index (χ3n) is 11.8. The molecule has 4 aromatic rings. The molecular formula is C52H74N12O6. The van der Waals surface area contributed by atoms with Crippen LogP contribution in [0.15, 0.2) is 93.3 Å². The van der Waals surface area contributed by atoms with E-state index in [-0.39, 0.29) is 0 Å². The van der Waals surface area contributed by atoms with E-state index in [0.717, 1.165) is 111 Å². The minimum Gasteiger partial charge on any atom is -0.494 e. The number of aryl methyl sites for hydroxylation is 2. The van der Waals surface area contributed by atoms with E-state index < -0.39 is 35.5 Å². The summed E-state index contributed by atoms with van der Waals surface area (Å²) in [5, 5.41) is 22.5. The topological polar surface area (TPSA) is 271 Å². The molecule has 0 saturated carbocycles. The second kappa shape index (κ2) is 29.7. The number of nitrogens with one attached hydrogen (secondary N) is 2. The first-order chi connectivity index (χ1) is 33.7. The molecule has 70 heavy (non-hydrogen) atoms. The van der Waals surface area contributed by atoms with E-state index in [1.54, 1.807) is 24.3 Å². The molecule has 0 spiro atoms. The van der Waals surface area contributed by atoms with Crippen molar-refractivity contribution in [1.82, 2.24) is 9.80 Å². The molecule has 0 heterocycles. The predicted octanol–water partition coefficient (Wildman–Crippen LogP) is 6.43. The van der Waals surface area contributed by atoms with E-state index in [2.05, 4.69) is 40.9 Å². The number of nitrogens with zero attached hydrogens (tertiary/aromatic N) is 6. The number of carbonyl (C=O) groups excluding carboxylic acids is 4. The molecule has 0 bridgehead atoms. The zero-order valence-corrected chi connectivity index (χ0v) is 41.8. The van der Waals surface area contributed by atoms with Gasteiger partial charge in [-0.15, -0.1) is 20.5 Å². The molecule has 378 valence electrons. The van der Waals surface area contributed by atoms with Crippen LogP contribution in [0.5, 0.6) is 11.5 Å². The van der Waals surface area contributed by atoms with Gasteiger partial charge in [0.25, 0.3) is 11.8 Å². The molecule has 0 aromatic heterocycles. The molecule has 0 aliphatic heterocycles. The quantitative estimate of drug-likeness (QED) is 0.0234. The van der Waals surface area contributed by atoms with Crippen molar-refractivity contribution in [3.8, 4) is 22.6 Å². The Morgan fingerprint density at radius 2 is 0.886 bits per heavy atom. The molecule has 2 atom stereocenters. The molecule has 0 fully saturated rings. The highest BCUT2D eigenvalue weighted by Crippen LogP contribution is 2.32. The number of hydrogen-bond donors (Lipinski definition) is 6. The molecule has 0 aliphatic rings. The molecule has 2 amide bonds. The number of nitrogens with two attached hydrogens (primary N) is 4. The standard InChI is InChI=1S/C52H74N12O6/c1-35-31-41(13-15-43(35)57-49(37(3)65)51(67)61-59-45-33-39(11-17-47(45)69-5)19-29-63(25-7-21-53)26-8-22-54)42-14-16-44(36(2)32-42)58-50(38(4)66)52(68)62-60-46-34-40(12-18-48(46)70-6)20-30-64(27-9-23-55)28-10-24-56/h11-18,31-34,49-50,57-58H,7-10,19-30,53-56H2,1-6H3. The lowest BCUT2D eigenvalue weighted by atomic mass is 9.99. The van der Waals surface area contributed by atoms with Crippen molar-refractivity contribution in [3.05, 3.63) is 95.1 Å². The van der Waals surface area contributed by atoms with Gasteiger partial charge in [0.2, 0.25) is 0 Å². The van der Waals surface area contributed by atoms with Crippen molar-refractivity contribution in [2.45, 2.75) is 78.3 Å². The van der Waals surface area contributed by atoms with Gasteiger partial charge < -0.3 is 52.8 Å². The van der Waals surface area contributed by atoms with E-state index in [1.807, 2.05) is 62.4 Å². The van der Waals surface area contributed by atoms with Gasteiger partial charge in [-0.2, -0.15) is 0 Å². The van der Waals surface area contributed by atoms with Gasteiger partial charge in [-0.05, 0) is 200 Å². The molecule has 0 saturated heterocycles. The number of carbonyl (C=O) groups is 4. The number of ketones is 2. The minimum atomic E-state index is -1.28. The summed E-state index contributed by atoms with van der Waals surface area (Å²) in [5.74, 6) is -1.46. The summed E-state index contributed by atoms with van der Waals surface area (Å²) in [6.45, 7) is 14.0. The van der Waals surface area contributed by atoms with E-state index >= 15 is 0 Å². The van der Waals surface area contributed by atoms with Gasteiger partial charge in [0.1, 0.15) is 22.9 Å². The Labute approximate surface area is 413 Å². The number of anilines is 2. The summed E-state index contributed by atoms with van der Waals surface area (Å²) in [7, 11) is 3.04. The van der Waals surface area contributed by atoms with Gasteiger partial charge in [-0.1, -0.05) is 24.3 Å². The normalized spacial score (nSPS) is 12.5. The van der Waals surface area contributed by atoms with Crippen LogP contribution in [-0.4, -0.2) is 125 Å². The molecule has 18 heteroatoms. The zero-order valence-electron chi connectivity index (χ0n) is 41.8. The number of ether oxygens (including phenoxy) is 2. The smallest absolute Gasteiger partial charge is 0.294 e. The van der Waals surface area contributed by atoms with Crippen molar-refractivity contribution in [2.24, 2.45) is 43.4 Å². The maximum Gasteiger partial charge on any atom is 0.294 e. The van der Waals surface area contributed by atoms with Crippen LogP contribution in [-0.2, 0) is 32.0 Å². The Kier molecular flexibility index (Phi) is 23.9. The number of hydrogen-bond acceptors (Lipinski definition) is 16. The maximum atomic E-state index is 13.4. The van der Waals surface area contributed by atoms with Crippen molar-refractivity contribution < 1.29 is 28.7 Å². The zero-order chi connectivity index (χ0) is 51.0. The van der Waals surface area contributed by atoms with E-state index in [0.29, 0.717) is 60.4 Å². The van der Waals surface area contributed by atoms with Gasteiger partial charge in [-0.25, -0.2) is 0 Å². The van der Waals surface area contributed by atoms with Crippen molar-refractivity contribution in [3.63, 3.8) is 0 Å². The SMILES string of the molecule is COc1ccc(CCN(CCCN)CCCN)cc1N=NC(=O)C(Nc1ccc(-c2ccc(NC(C(C)=O)C(=O)N=Nc3cc(CCN(CCCN)CCCN)ccc3OC)c(C)c2)cc1C)C(C)=O. The Morgan fingerprint density at radius 1 is 0.529 bits per heavy atom. The summed E-state index contributed by atoms with van der Waals surface area (Å²) in [6, 6.07) is 19.8. The van der Waals surface area contributed by atoms with Crippen LogP contribution in [0, 0.1) is 13.8 Å². The Balaban J connectivity index is 1.44. The van der Waals surface area contributed by atoms with Crippen LogP contribution in [0.4, 0.5) is 22.7 Å². The van der Waals surface area contributed by atoms with Crippen LogP contribution < -0.4 is 43.0 Å². The average molecular weight is 963 g/mol. The summed E-state index contributed by atoms with van der Waals surface area (Å²) < 4.78 is 11.0. The minimum absolute atomic E-state index is 0.377. The monoisotopic (exact) mass is 963 g/mol. The number of azo groups is 2. The van der Waals surface area contributed by atoms with Crippen LogP contribution >= 0.6 is 0 Å². The number of Topliss-reactive ketones (excluding diaryl/α,β-unsaturated/α-hetero) is 2. The fourth-order valence-corrected chi connectivity index (χ4v) is 7.76. The Bertz CT molecular complexity index is 2230. The first kappa shape index (κ1) is 56.3. The fraction of sp³-hybridized carbons (Fsp3) is 0.462. The van der Waals surface area contributed by atoms with Crippen molar-refractivity contribution in [1.29, 1.82) is 0 Å². The highest BCUT2D eigenvalue weighted by molar-refractivity contribution is 6.08. The fourth-order valence-electron chi connectivity index (χ4n) is 7.76. The molecule has 4 aromatic carbocycles. The predicted molar refractivity (Wildman–Crippen MR) is 278 cm³/mol. The Hall–Kier alpha value is -6.28. The average Bonchev–Trinajstić information content (AvgIpc) is 3.35. The molecule has 0 aliphatic carbocycles. The van der Waals surface area contributed by atoms with E-state index in [1.165, 1.54) is 28.1 Å². The lowest BCUT2D eigenvalue weighted by molar-refractivity contribution is -0.128.